The molecule has 0 radical (unpaired) electrons. The lowest BCUT2D eigenvalue weighted by Gasteiger charge is -2.47. The van der Waals surface area contributed by atoms with Crippen LogP contribution in [0, 0.1) is 17.8 Å². The number of hydrogen-bond donors (Lipinski definition) is 4. The number of carbonyl (C=O) groups excluding carboxylic acids is 2. The number of ether oxygens (including phenoxy) is 9. The van der Waals surface area contributed by atoms with Crippen LogP contribution in [0.4, 0.5) is 0 Å². The van der Waals surface area contributed by atoms with Crippen LogP contribution in [-0.4, -0.2) is 141 Å². The normalized spacial score (nSPS) is 55.0. The lowest BCUT2D eigenvalue weighted by molar-refractivity contribution is -0.365. The van der Waals surface area contributed by atoms with Gasteiger partial charge in [0.25, 0.3) is 0 Å². The van der Waals surface area contributed by atoms with E-state index in [1.165, 1.54) is 0 Å². The van der Waals surface area contributed by atoms with Gasteiger partial charge in [-0.25, -0.2) is 0 Å². The first-order valence-electron chi connectivity index (χ1n) is 23.5. The Bertz CT molecular complexity index is 1770. The second-order valence-electron chi connectivity index (χ2n) is 21.2. The van der Waals surface area contributed by atoms with E-state index in [1.54, 1.807) is 13.8 Å². The molecule has 9 rings (SSSR count). The summed E-state index contributed by atoms with van der Waals surface area (Å²) in [4.78, 5) is 28.0. The molecule has 9 aliphatic rings. The molecule has 19 atom stereocenters. The van der Waals surface area contributed by atoms with Crippen molar-refractivity contribution in [3.05, 3.63) is 23.8 Å². The van der Waals surface area contributed by atoms with Crippen molar-refractivity contribution in [2.24, 2.45) is 17.8 Å². The Kier molecular flexibility index (Phi) is 12.0. The van der Waals surface area contributed by atoms with Gasteiger partial charge < -0.3 is 63.1 Å². The molecule has 15 nitrogen and oxygen atoms in total. The standard InChI is InChI=1S/C47H70O15/c1-26-9-10-32-34(21-37(55-32)47(53)39(50)28(3)13-19-54-47)56-41(52)29(4)31-8-7-14-45(57-31)16-11-33(58-45)40(51)43(6)23-30(49)38(61-43)35-24-44(25-48)17-18-46(59-35,62-44)36-12-15-42(5,60-36)22-27(2)20-26/h9-10,20,27-29,31-40,48,50-51,53H,7-8,11-19,21-25H2,1-6H3/b10-9+,26-20+/t27-,28+,29+,31-,32?,33?,34+,35?,36+,37?,38?,39+,40-,42+,43+,44-,45+,46-,47+/m0/s1. The molecule has 5 unspecified atom stereocenters. The highest BCUT2D eigenvalue weighted by Crippen LogP contribution is 2.55. The number of ketones is 1. The molecule has 2 spiro atoms. The molecule has 0 aromatic rings. The molecule has 0 aromatic carbocycles. The maximum absolute atomic E-state index is 14.1. The van der Waals surface area contributed by atoms with Crippen LogP contribution in [0.1, 0.15) is 131 Å². The molecule has 0 aliphatic carbocycles. The van der Waals surface area contributed by atoms with Gasteiger partial charge in [0, 0.05) is 38.5 Å². The van der Waals surface area contributed by atoms with Gasteiger partial charge in [-0.15, -0.1) is 0 Å². The van der Waals surface area contributed by atoms with E-state index in [1.807, 2.05) is 26.0 Å². The zero-order chi connectivity index (χ0) is 44.0. The summed E-state index contributed by atoms with van der Waals surface area (Å²) in [5, 5.41) is 45.5. The van der Waals surface area contributed by atoms with E-state index in [0.717, 1.165) is 18.4 Å². The average Bonchev–Trinajstić information content (AvgIpc) is 4.06. The van der Waals surface area contributed by atoms with E-state index in [4.69, 9.17) is 42.6 Å². The summed E-state index contributed by atoms with van der Waals surface area (Å²) < 4.78 is 58.8. The number of aliphatic hydroxyl groups is 4. The number of esters is 1. The van der Waals surface area contributed by atoms with Crippen LogP contribution < -0.4 is 0 Å². The lowest BCUT2D eigenvalue weighted by atomic mass is 9.87. The molecule has 0 saturated carbocycles. The number of rotatable bonds is 2. The van der Waals surface area contributed by atoms with Crippen LogP contribution in [0.15, 0.2) is 23.8 Å². The van der Waals surface area contributed by atoms with E-state index in [0.29, 0.717) is 57.8 Å². The van der Waals surface area contributed by atoms with Crippen molar-refractivity contribution in [1.82, 2.24) is 0 Å². The fourth-order valence-electron chi connectivity index (χ4n) is 12.5. The number of Topliss-reactive ketones (excluding diaryl/α,β-unsaturated/α-hetero) is 1. The first-order valence-corrected chi connectivity index (χ1v) is 23.5. The smallest absolute Gasteiger partial charge is 0.311 e. The maximum atomic E-state index is 14.1. The van der Waals surface area contributed by atoms with E-state index in [-0.39, 0.29) is 50.1 Å². The predicted molar refractivity (Wildman–Crippen MR) is 219 cm³/mol. The summed E-state index contributed by atoms with van der Waals surface area (Å²) in [5.74, 6) is -5.63. The summed E-state index contributed by atoms with van der Waals surface area (Å²) in [7, 11) is 0. The topological polar surface area (TPSA) is 198 Å². The van der Waals surface area contributed by atoms with Crippen LogP contribution in [0.25, 0.3) is 0 Å². The molecule has 8 saturated heterocycles. The van der Waals surface area contributed by atoms with Crippen molar-refractivity contribution in [3.8, 4) is 0 Å². The van der Waals surface area contributed by atoms with Crippen LogP contribution in [-0.2, 0) is 52.2 Å². The number of aliphatic hydroxyl groups excluding tert-OH is 3. The number of allylic oxidation sites excluding steroid dienone is 3. The highest BCUT2D eigenvalue weighted by atomic mass is 16.8. The minimum absolute atomic E-state index is 0.0379. The SMILES string of the molecule is CC1=C\[C@H](C)C[C@@]2(C)CC[C@@H](O2)[C@@]23CC[C@@](CO)(CC(O2)C2O[C@](C)(CC2=O)[C@@H](O)C2CC[C@@]4(CCC[C@H](O4)[C@@H](C)C(=O)O[C@@H]4CC([C@@]5(O)OCC[C@@H](C)[C@H]5O)OC4\C=C\1)O2)O3. The number of hydrogen-bond acceptors (Lipinski definition) is 15. The molecule has 0 aromatic heterocycles. The van der Waals surface area contributed by atoms with Crippen molar-refractivity contribution in [2.75, 3.05) is 13.2 Å². The van der Waals surface area contributed by atoms with Gasteiger partial charge in [0.1, 0.15) is 48.3 Å². The van der Waals surface area contributed by atoms with Crippen LogP contribution in [0.5, 0.6) is 0 Å². The van der Waals surface area contributed by atoms with Crippen LogP contribution >= 0.6 is 0 Å². The summed E-state index contributed by atoms with van der Waals surface area (Å²) in [5.41, 5.74) is -1.73. The van der Waals surface area contributed by atoms with Gasteiger partial charge in [-0.05, 0) is 90.9 Å². The molecule has 0 amide bonds. The van der Waals surface area contributed by atoms with Crippen molar-refractivity contribution in [2.45, 2.75) is 227 Å². The highest BCUT2D eigenvalue weighted by molar-refractivity contribution is 5.86. The van der Waals surface area contributed by atoms with Gasteiger partial charge in [-0.2, -0.15) is 0 Å². The fraction of sp³-hybridized carbons (Fsp3) is 0.872. The quantitative estimate of drug-likeness (QED) is 0.288. The summed E-state index contributed by atoms with van der Waals surface area (Å²) in [6, 6.07) is 0. The number of carbonyl (C=O) groups is 2. The minimum Gasteiger partial charge on any atom is -0.459 e. The van der Waals surface area contributed by atoms with Gasteiger partial charge in [0.05, 0.1) is 48.6 Å². The Morgan fingerprint density at radius 3 is 2.39 bits per heavy atom. The Morgan fingerprint density at radius 1 is 0.806 bits per heavy atom. The van der Waals surface area contributed by atoms with Gasteiger partial charge in [0.15, 0.2) is 17.4 Å². The van der Waals surface area contributed by atoms with Gasteiger partial charge in [-0.1, -0.05) is 37.6 Å². The van der Waals surface area contributed by atoms with Gasteiger partial charge >= 0.3 is 5.97 Å². The average molecular weight is 875 g/mol. The second kappa shape index (κ2) is 16.5. The molecular weight excluding hydrogens is 805 g/mol. The molecule has 4 N–H and O–H groups in total. The zero-order valence-corrected chi connectivity index (χ0v) is 37.3. The third-order valence-corrected chi connectivity index (χ3v) is 16.0. The van der Waals surface area contributed by atoms with Crippen LogP contribution in [0.3, 0.4) is 0 Å². The summed E-state index contributed by atoms with van der Waals surface area (Å²) in [6.07, 6.45) is 4.76. The van der Waals surface area contributed by atoms with Crippen molar-refractivity contribution in [3.63, 3.8) is 0 Å². The van der Waals surface area contributed by atoms with Crippen molar-refractivity contribution in [1.29, 1.82) is 0 Å². The third-order valence-electron chi connectivity index (χ3n) is 16.0. The lowest BCUT2D eigenvalue weighted by Crippen LogP contribution is -2.59. The molecular formula is C47H70O15. The summed E-state index contributed by atoms with van der Waals surface area (Å²) in [6.45, 7) is 11.7. The van der Waals surface area contributed by atoms with Crippen molar-refractivity contribution >= 4 is 11.8 Å². The predicted octanol–water partition coefficient (Wildman–Crippen LogP) is 4.23. The number of fused-ring (bicyclic) bond motifs is 10. The van der Waals surface area contributed by atoms with Gasteiger partial charge in [-0.3, -0.25) is 9.59 Å². The maximum Gasteiger partial charge on any atom is 0.311 e. The van der Waals surface area contributed by atoms with Crippen molar-refractivity contribution < 1.29 is 72.6 Å². The highest BCUT2D eigenvalue weighted by Gasteiger charge is 2.66. The Hall–Kier alpha value is -1.86. The first kappa shape index (κ1) is 45.3. The van der Waals surface area contributed by atoms with E-state index < -0.39 is 107 Å². The molecule has 15 heteroatoms. The Labute approximate surface area is 365 Å². The minimum atomic E-state index is -1.97. The third kappa shape index (κ3) is 8.09. The fourth-order valence-corrected chi connectivity index (χ4v) is 12.5. The van der Waals surface area contributed by atoms with Crippen LogP contribution in [0.2, 0.25) is 0 Å². The first-order chi connectivity index (χ1) is 29.3. The van der Waals surface area contributed by atoms with Gasteiger partial charge in [0.2, 0.25) is 5.79 Å². The monoisotopic (exact) mass is 874 g/mol. The zero-order valence-electron chi connectivity index (χ0n) is 37.3. The Morgan fingerprint density at radius 2 is 1.60 bits per heavy atom. The largest absolute Gasteiger partial charge is 0.459 e. The van der Waals surface area contributed by atoms with E-state index in [2.05, 4.69) is 19.9 Å². The van der Waals surface area contributed by atoms with E-state index >= 15 is 0 Å². The van der Waals surface area contributed by atoms with E-state index in [9.17, 15) is 30.0 Å². The molecule has 9 heterocycles. The second-order valence-corrected chi connectivity index (χ2v) is 21.2. The Balaban J connectivity index is 1.01. The molecule has 8 fully saturated rings. The molecule has 62 heavy (non-hydrogen) atoms. The molecule has 10 bridgehead atoms. The molecule has 9 aliphatic heterocycles. The molecule has 348 valence electrons. The summed E-state index contributed by atoms with van der Waals surface area (Å²) >= 11 is 0.